The van der Waals surface area contributed by atoms with Crippen molar-refractivity contribution in [1.29, 1.82) is 0 Å². The van der Waals surface area contributed by atoms with E-state index >= 15 is 0 Å². The lowest BCUT2D eigenvalue weighted by molar-refractivity contribution is -0.173. The van der Waals surface area contributed by atoms with Crippen molar-refractivity contribution in [3.63, 3.8) is 0 Å². The van der Waals surface area contributed by atoms with Gasteiger partial charge in [0.2, 0.25) is 5.89 Å². The predicted octanol–water partition coefficient (Wildman–Crippen LogP) is 1.21. The second kappa shape index (κ2) is 5.26. The smallest absolute Gasteiger partial charge is 0.372 e. The van der Waals surface area contributed by atoms with E-state index in [0.29, 0.717) is 5.82 Å². The molecule has 0 aliphatic heterocycles. The van der Waals surface area contributed by atoms with Crippen molar-refractivity contribution in [2.24, 2.45) is 5.73 Å². The maximum atomic E-state index is 11.7. The van der Waals surface area contributed by atoms with Crippen LogP contribution in [-0.2, 0) is 11.2 Å². The fraction of sp³-hybridized carbons (Fsp3) is 0.750. The first-order valence-corrected chi connectivity index (χ1v) is 4.61. The summed E-state index contributed by atoms with van der Waals surface area (Å²) in [6.45, 7) is 0.274. The molecular formula is C8H12F3N3O2. The lowest BCUT2D eigenvalue weighted by atomic mass is 10.3. The number of aromatic nitrogens is 2. The Balaban J connectivity index is 2.27. The summed E-state index contributed by atoms with van der Waals surface area (Å²) >= 11 is 0. The molecule has 1 atom stereocenters. The van der Waals surface area contributed by atoms with Gasteiger partial charge in [-0.25, -0.2) is 0 Å². The molecule has 0 aliphatic carbocycles. The third-order valence-electron chi connectivity index (χ3n) is 1.62. The van der Waals surface area contributed by atoms with E-state index in [1.165, 1.54) is 0 Å². The minimum Gasteiger partial charge on any atom is -0.372 e. The molecule has 0 aromatic carbocycles. The molecule has 0 spiro atoms. The van der Waals surface area contributed by atoms with Gasteiger partial charge in [-0.05, 0) is 6.92 Å². The van der Waals surface area contributed by atoms with Crippen LogP contribution < -0.4 is 5.73 Å². The Kier molecular flexibility index (Phi) is 4.25. The van der Waals surface area contributed by atoms with Gasteiger partial charge in [0.05, 0.1) is 19.1 Å². The molecule has 5 nitrogen and oxygen atoms in total. The predicted molar refractivity (Wildman–Crippen MR) is 47.5 cm³/mol. The molecule has 1 rings (SSSR count). The fourth-order valence-corrected chi connectivity index (χ4v) is 0.902. The summed E-state index contributed by atoms with van der Waals surface area (Å²) in [5, 5.41) is 3.55. The second-order valence-electron chi connectivity index (χ2n) is 3.25. The quantitative estimate of drug-likeness (QED) is 0.782. The molecule has 1 aromatic heterocycles. The van der Waals surface area contributed by atoms with Gasteiger partial charge in [-0.3, -0.25) is 0 Å². The Labute approximate surface area is 89.8 Å². The number of hydrogen-bond donors (Lipinski definition) is 1. The Bertz CT molecular complexity index is 325. The molecule has 0 radical (unpaired) electrons. The van der Waals surface area contributed by atoms with Crippen LogP contribution in [0.5, 0.6) is 0 Å². The zero-order valence-corrected chi connectivity index (χ0v) is 8.62. The topological polar surface area (TPSA) is 74.2 Å². The van der Waals surface area contributed by atoms with E-state index in [-0.39, 0.29) is 25.0 Å². The number of nitrogens with zero attached hydrogens (tertiary/aromatic N) is 2. The highest BCUT2D eigenvalue weighted by atomic mass is 19.4. The number of nitrogens with two attached hydrogens (primary N) is 1. The van der Waals surface area contributed by atoms with Gasteiger partial charge >= 0.3 is 6.18 Å². The number of halogens is 3. The summed E-state index contributed by atoms with van der Waals surface area (Å²) in [5.41, 5.74) is 5.47. The Morgan fingerprint density at radius 3 is 2.69 bits per heavy atom. The third-order valence-corrected chi connectivity index (χ3v) is 1.62. The van der Waals surface area contributed by atoms with E-state index in [0.717, 1.165) is 0 Å². The van der Waals surface area contributed by atoms with Crippen LogP contribution in [0, 0.1) is 0 Å². The second-order valence-corrected chi connectivity index (χ2v) is 3.25. The van der Waals surface area contributed by atoms with Gasteiger partial charge in [-0.15, -0.1) is 0 Å². The van der Waals surface area contributed by atoms with Crippen molar-refractivity contribution < 1.29 is 22.4 Å². The van der Waals surface area contributed by atoms with E-state index in [9.17, 15) is 13.2 Å². The zero-order chi connectivity index (χ0) is 12.2. The highest BCUT2D eigenvalue weighted by Gasteiger charge is 2.27. The van der Waals surface area contributed by atoms with Crippen LogP contribution >= 0.6 is 0 Å². The molecule has 2 N–H and O–H groups in total. The van der Waals surface area contributed by atoms with Crippen molar-refractivity contribution in [2.45, 2.75) is 25.6 Å². The molecule has 1 unspecified atom stereocenters. The number of ether oxygens (including phenoxy) is 1. The monoisotopic (exact) mass is 239 g/mol. The van der Waals surface area contributed by atoms with Gasteiger partial charge in [0.15, 0.2) is 5.82 Å². The van der Waals surface area contributed by atoms with E-state index in [1.54, 1.807) is 6.92 Å². The molecule has 16 heavy (non-hydrogen) atoms. The average molecular weight is 239 g/mol. The van der Waals surface area contributed by atoms with Crippen LogP contribution in [-0.4, -0.2) is 29.5 Å². The summed E-state index contributed by atoms with van der Waals surface area (Å²) in [6, 6.07) is -0.367. The first kappa shape index (κ1) is 12.9. The maximum absolute atomic E-state index is 11.7. The van der Waals surface area contributed by atoms with E-state index in [1.807, 2.05) is 0 Å². The number of rotatable bonds is 5. The van der Waals surface area contributed by atoms with Crippen LogP contribution in [0.2, 0.25) is 0 Å². The lowest BCUT2D eigenvalue weighted by Crippen LogP contribution is -2.18. The normalized spacial score (nSPS) is 14.1. The largest absolute Gasteiger partial charge is 0.411 e. The molecule has 0 aliphatic rings. The zero-order valence-electron chi connectivity index (χ0n) is 8.62. The molecule has 0 amide bonds. The van der Waals surface area contributed by atoms with Gasteiger partial charge in [0.25, 0.3) is 0 Å². The molecule has 92 valence electrons. The summed E-state index contributed by atoms with van der Waals surface area (Å²) in [5.74, 6) is 0.542. The average Bonchev–Trinajstić information content (AvgIpc) is 2.59. The SMILES string of the molecule is CC(N)c1noc(CCOCC(F)(F)F)n1. The van der Waals surface area contributed by atoms with Gasteiger partial charge in [-0.2, -0.15) is 18.2 Å². The van der Waals surface area contributed by atoms with Crippen LogP contribution in [0.3, 0.4) is 0 Å². The molecule has 0 saturated carbocycles. The Morgan fingerprint density at radius 1 is 1.50 bits per heavy atom. The molecule has 0 saturated heterocycles. The molecular weight excluding hydrogens is 227 g/mol. The summed E-state index contributed by atoms with van der Waals surface area (Å²) in [6.07, 6.45) is -4.18. The van der Waals surface area contributed by atoms with Crippen LogP contribution in [0.4, 0.5) is 13.2 Å². The molecule has 1 heterocycles. The van der Waals surface area contributed by atoms with Crippen LogP contribution in [0.25, 0.3) is 0 Å². The molecule has 1 aromatic rings. The van der Waals surface area contributed by atoms with Gasteiger partial charge in [-0.1, -0.05) is 5.16 Å². The minimum atomic E-state index is -4.31. The first-order valence-electron chi connectivity index (χ1n) is 4.61. The Morgan fingerprint density at radius 2 is 2.19 bits per heavy atom. The molecule has 8 heteroatoms. The van der Waals surface area contributed by atoms with E-state index in [4.69, 9.17) is 10.3 Å². The number of hydrogen-bond acceptors (Lipinski definition) is 5. The van der Waals surface area contributed by atoms with Crippen LogP contribution in [0.1, 0.15) is 24.7 Å². The van der Waals surface area contributed by atoms with Crippen molar-refractivity contribution in [2.75, 3.05) is 13.2 Å². The fourth-order valence-electron chi connectivity index (χ4n) is 0.902. The van der Waals surface area contributed by atoms with E-state index in [2.05, 4.69) is 14.9 Å². The number of alkyl halides is 3. The maximum Gasteiger partial charge on any atom is 0.411 e. The molecule has 0 bridgehead atoms. The van der Waals surface area contributed by atoms with Crippen molar-refractivity contribution in [3.8, 4) is 0 Å². The van der Waals surface area contributed by atoms with E-state index < -0.39 is 12.8 Å². The highest BCUT2D eigenvalue weighted by Crippen LogP contribution is 2.14. The van der Waals surface area contributed by atoms with Gasteiger partial charge < -0.3 is 15.0 Å². The van der Waals surface area contributed by atoms with Gasteiger partial charge in [0.1, 0.15) is 6.61 Å². The summed E-state index contributed by atoms with van der Waals surface area (Å²) in [4.78, 5) is 3.88. The Hall–Kier alpha value is -1.15. The first-order chi connectivity index (χ1) is 7.38. The third kappa shape index (κ3) is 4.58. The lowest BCUT2D eigenvalue weighted by Gasteiger charge is -2.05. The summed E-state index contributed by atoms with van der Waals surface area (Å²) < 4.78 is 44.2. The highest BCUT2D eigenvalue weighted by molar-refractivity contribution is 4.90. The van der Waals surface area contributed by atoms with Crippen molar-refractivity contribution in [3.05, 3.63) is 11.7 Å². The van der Waals surface area contributed by atoms with Gasteiger partial charge in [0, 0.05) is 0 Å². The standard InChI is InChI=1S/C8H12F3N3O2/c1-5(12)7-13-6(16-14-7)2-3-15-4-8(9,10)11/h5H,2-4,12H2,1H3. The van der Waals surface area contributed by atoms with Crippen molar-refractivity contribution in [1.82, 2.24) is 10.1 Å². The molecule has 0 fully saturated rings. The summed E-state index contributed by atoms with van der Waals surface area (Å²) in [7, 11) is 0. The van der Waals surface area contributed by atoms with Crippen molar-refractivity contribution >= 4 is 0 Å². The minimum absolute atomic E-state index is 0.125. The van der Waals surface area contributed by atoms with Crippen LogP contribution in [0.15, 0.2) is 4.52 Å².